The van der Waals surface area contributed by atoms with Gasteiger partial charge in [0.2, 0.25) is 0 Å². The number of anilines is 1. The van der Waals surface area contributed by atoms with Gasteiger partial charge in [-0.25, -0.2) is 9.37 Å². The summed E-state index contributed by atoms with van der Waals surface area (Å²) in [6.07, 6.45) is 1.09. The summed E-state index contributed by atoms with van der Waals surface area (Å²) in [6, 6.07) is 7.22. The number of methoxy groups -OCH3 is 1. The predicted octanol–water partition coefficient (Wildman–Crippen LogP) is 3.17. The molecule has 5 heteroatoms. The largest absolute Gasteiger partial charge is 0.382 e. The third-order valence-corrected chi connectivity index (χ3v) is 4.31. The van der Waals surface area contributed by atoms with Gasteiger partial charge >= 0.3 is 0 Å². The molecule has 0 radical (unpaired) electrons. The number of nitrogens with zero attached hydrogens (tertiary/aromatic N) is 2. The van der Waals surface area contributed by atoms with Crippen molar-refractivity contribution in [2.75, 3.05) is 44.9 Å². The first-order valence-electron chi connectivity index (χ1n) is 8.06. The summed E-state index contributed by atoms with van der Waals surface area (Å²) < 4.78 is 24.7. The van der Waals surface area contributed by atoms with E-state index in [9.17, 15) is 4.39 Å². The van der Waals surface area contributed by atoms with E-state index in [1.807, 2.05) is 13.0 Å². The summed E-state index contributed by atoms with van der Waals surface area (Å²) in [5, 5.41) is 0.886. The number of ether oxygens (including phenoxy) is 2. The minimum absolute atomic E-state index is 0.258. The maximum atomic E-state index is 14.0. The fraction of sp³-hybridized carbons (Fsp3) is 0.500. The van der Waals surface area contributed by atoms with Crippen LogP contribution in [-0.4, -0.2) is 45.0 Å². The Morgan fingerprint density at radius 3 is 3.04 bits per heavy atom. The SMILES string of the molecule is COCCOCC1CCN(c2cc(C)nc3c(F)cccc23)C1. The van der Waals surface area contributed by atoms with Crippen molar-refractivity contribution in [3.63, 3.8) is 0 Å². The highest BCUT2D eigenvalue weighted by Gasteiger charge is 2.24. The van der Waals surface area contributed by atoms with Crippen molar-refractivity contribution in [2.24, 2.45) is 5.92 Å². The summed E-state index contributed by atoms with van der Waals surface area (Å²) in [5.41, 5.74) is 2.38. The molecule has 1 atom stereocenters. The lowest BCUT2D eigenvalue weighted by molar-refractivity contribution is 0.0549. The van der Waals surface area contributed by atoms with Gasteiger partial charge in [-0.05, 0) is 25.5 Å². The number of pyridine rings is 1. The number of hydrogen-bond acceptors (Lipinski definition) is 4. The lowest BCUT2D eigenvalue weighted by Gasteiger charge is -2.21. The van der Waals surface area contributed by atoms with E-state index in [4.69, 9.17) is 9.47 Å². The fourth-order valence-corrected chi connectivity index (χ4v) is 3.16. The molecule has 0 N–H and O–H groups in total. The Morgan fingerprint density at radius 2 is 2.22 bits per heavy atom. The third kappa shape index (κ3) is 3.62. The second-order valence-electron chi connectivity index (χ2n) is 6.09. The quantitative estimate of drug-likeness (QED) is 0.766. The number of hydrogen-bond donors (Lipinski definition) is 0. The fourth-order valence-electron chi connectivity index (χ4n) is 3.16. The van der Waals surface area contributed by atoms with Crippen LogP contribution >= 0.6 is 0 Å². The molecule has 1 unspecified atom stereocenters. The van der Waals surface area contributed by atoms with Gasteiger partial charge in [-0.1, -0.05) is 12.1 Å². The van der Waals surface area contributed by atoms with E-state index in [2.05, 4.69) is 16.0 Å². The Kier molecular flexibility index (Phi) is 5.08. The van der Waals surface area contributed by atoms with Crippen LogP contribution in [0.25, 0.3) is 10.9 Å². The molecule has 1 fully saturated rings. The van der Waals surface area contributed by atoms with Crippen LogP contribution in [0.1, 0.15) is 12.1 Å². The number of aryl methyl sites for hydroxylation is 1. The van der Waals surface area contributed by atoms with Crippen molar-refractivity contribution in [1.29, 1.82) is 0 Å². The first-order chi connectivity index (χ1) is 11.2. The van der Waals surface area contributed by atoms with Crippen LogP contribution in [-0.2, 0) is 9.47 Å². The second-order valence-corrected chi connectivity index (χ2v) is 6.09. The van der Waals surface area contributed by atoms with Crippen molar-refractivity contribution in [3.8, 4) is 0 Å². The topological polar surface area (TPSA) is 34.6 Å². The van der Waals surface area contributed by atoms with E-state index in [1.54, 1.807) is 13.2 Å². The highest BCUT2D eigenvalue weighted by Crippen LogP contribution is 2.32. The summed E-state index contributed by atoms with van der Waals surface area (Å²) >= 11 is 0. The molecule has 2 aromatic rings. The zero-order chi connectivity index (χ0) is 16.2. The third-order valence-electron chi connectivity index (χ3n) is 4.31. The summed E-state index contributed by atoms with van der Waals surface area (Å²) in [5.74, 6) is 0.245. The smallest absolute Gasteiger partial charge is 0.149 e. The molecule has 2 heterocycles. The van der Waals surface area contributed by atoms with E-state index in [1.165, 1.54) is 6.07 Å². The van der Waals surface area contributed by atoms with Gasteiger partial charge in [-0.3, -0.25) is 0 Å². The standard InChI is InChI=1S/C18H23FN2O2/c1-13-10-17(15-4-3-5-16(19)18(15)20-13)21-7-6-14(11-21)12-23-9-8-22-2/h3-5,10,14H,6-9,11-12H2,1-2H3. The van der Waals surface area contributed by atoms with Crippen molar-refractivity contribution in [1.82, 2.24) is 4.98 Å². The molecular weight excluding hydrogens is 295 g/mol. The van der Waals surface area contributed by atoms with E-state index in [0.29, 0.717) is 24.6 Å². The molecular formula is C18H23FN2O2. The summed E-state index contributed by atoms with van der Waals surface area (Å²) in [6.45, 7) is 5.82. The van der Waals surface area contributed by atoms with Crippen LogP contribution in [0.3, 0.4) is 0 Å². The van der Waals surface area contributed by atoms with Gasteiger partial charge in [0.05, 0.1) is 19.8 Å². The molecule has 3 rings (SSSR count). The minimum atomic E-state index is -0.258. The summed E-state index contributed by atoms with van der Waals surface area (Å²) in [4.78, 5) is 6.68. The van der Waals surface area contributed by atoms with E-state index < -0.39 is 0 Å². The van der Waals surface area contributed by atoms with Crippen molar-refractivity contribution in [3.05, 3.63) is 35.8 Å². The van der Waals surface area contributed by atoms with Crippen LogP contribution in [0, 0.1) is 18.7 Å². The molecule has 1 aromatic heterocycles. The second kappa shape index (κ2) is 7.23. The Hall–Kier alpha value is -1.72. The zero-order valence-corrected chi connectivity index (χ0v) is 13.7. The maximum Gasteiger partial charge on any atom is 0.149 e. The Morgan fingerprint density at radius 1 is 1.35 bits per heavy atom. The summed E-state index contributed by atoms with van der Waals surface area (Å²) in [7, 11) is 1.68. The average molecular weight is 318 g/mol. The van der Waals surface area contributed by atoms with Gasteiger partial charge in [0.25, 0.3) is 0 Å². The van der Waals surface area contributed by atoms with Gasteiger partial charge in [-0.2, -0.15) is 0 Å². The monoisotopic (exact) mass is 318 g/mol. The molecule has 0 spiro atoms. The Balaban J connectivity index is 1.75. The molecule has 1 saturated heterocycles. The van der Waals surface area contributed by atoms with Crippen LogP contribution in [0.4, 0.5) is 10.1 Å². The van der Waals surface area contributed by atoms with Gasteiger partial charge < -0.3 is 14.4 Å². The van der Waals surface area contributed by atoms with E-state index >= 15 is 0 Å². The molecule has 124 valence electrons. The average Bonchev–Trinajstić information content (AvgIpc) is 3.00. The highest BCUT2D eigenvalue weighted by molar-refractivity contribution is 5.92. The number of benzene rings is 1. The molecule has 0 amide bonds. The molecule has 1 aliphatic heterocycles. The number of para-hydroxylation sites is 1. The van der Waals surface area contributed by atoms with E-state index in [-0.39, 0.29) is 5.82 Å². The predicted molar refractivity (Wildman–Crippen MR) is 89.5 cm³/mol. The van der Waals surface area contributed by atoms with E-state index in [0.717, 1.165) is 42.9 Å². The van der Waals surface area contributed by atoms with Crippen molar-refractivity contribution in [2.45, 2.75) is 13.3 Å². The van der Waals surface area contributed by atoms with Gasteiger partial charge in [0, 0.05) is 42.9 Å². The number of aromatic nitrogens is 1. The molecule has 4 nitrogen and oxygen atoms in total. The first kappa shape index (κ1) is 16.1. The van der Waals surface area contributed by atoms with Crippen LogP contribution in [0.2, 0.25) is 0 Å². The number of halogens is 1. The molecule has 0 bridgehead atoms. The Labute approximate surface area is 136 Å². The molecule has 23 heavy (non-hydrogen) atoms. The normalized spacial score (nSPS) is 18.0. The lowest BCUT2D eigenvalue weighted by Crippen LogP contribution is -2.22. The van der Waals surface area contributed by atoms with Crippen molar-refractivity contribution < 1.29 is 13.9 Å². The van der Waals surface area contributed by atoms with Gasteiger partial charge in [0.1, 0.15) is 11.3 Å². The van der Waals surface area contributed by atoms with Gasteiger partial charge in [-0.15, -0.1) is 0 Å². The maximum absolute atomic E-state index is 14.0. The van der Waals surface area contributed by atoms with Crippen molar-refractivity contribution >= 4 is 16.6 Å². The minimum Gasteiger partial charge on any atom is -0.382 e. The van der Waals surface area contributed by atoms with Crippen LogP contribution in [0.15, 0.2) is 24.3 Å². The molecule has 1 aliphatic rings. The highest BCUT2D eigenvalue weighted by atomic mass is 19.1. The van der Waals surface area contributed by atoms with Crippen LogP contribution in [0.5, 0.6) is 0 Å². The number of fused-ring (bicyclic) bond motifs is 1. The zero-order valence-electron chi connectivity index (χ0n) is 13.7. The molecule has 1 aromatic carbocycles. The Bertz CT molecular complexity index is 677. The van der Waals surface area contributed by atoms with Gasteiger partial charge in [0.15, 0.2) is 0 Å². The molecule has 0 saturated carbocycles. The number of rotatable bonds is 6. The lowest BCUT2D eigenvalue weighted by atomic mass is 10.1. The molecule has 0 aliphatic carbocycles. The van der Waals surface area contributed by atoms with Crippen LogP contribution < -0.4 is 4.90 Å². The first-order valence-corrected chi connectivity index (χ1v) is 8.06.